The van der Waals surface area contributed by atoms with E-state index in [-0.39, 0.29) is 16.5 Å². The summed E-state index contributed by atoms with van der Waals surface area (Å²) in [7, 11) is 0. The normalized spacial score (nSPS) is 11.5. The van der Waals surface area contributed by atoms with Crippen LogP contribution < -0.4 is 11.2 Å². The second-order valence-corrected chi connectivity index (χ2v) is 8.09. The standard InChI is InChI=1S/C19H21ClN6O3S/c1-2-3-8-25-15-14(22-18(20)23-15)17(27)26(19(25)28)9-5-4-6-13-21-16(29-24-13)12-7-10-30-11-12/h7,10-11H,2-6,8-9H2,1H3,(H,22,23). The maximum atomic E-state index is 12.9. The van der Waals surface area contributed by atoms with Gasteiger partial charge >= 0.3 is 5.69 Å². The molecule has 4 rings (SSSR count). The third-order valence-corrected chi connectivity index (χ3v) is 5.70. The number of H-pyrrole nitrogens is 1. The summed E-state index contributed by atoms with van der Waals surface area (Å²) in [5, 5.41) is 8.00. The van der Waals surface area contributed by atoms with Gasteiger partial charge in [-0.15, -0.1) is 0 Å². The molecular weight excluding hydrogens is 428 g/mol. The van der Waals surface area contributed by atoms with Gasteiger partial charge in [0.2, 0.25) is 5.28 Å². The highest BCUT2D eigenvalue weighted by molar-refractivity contribution is 7.08. The van der Waals surface area contributed by atoms with Crippen molar-refractivity contribution < 1.29 is 4.52 Å². The quantitative estimate of drug-likeness (QED) is 0.310. The topological polar surface area (TPSA) is 112 Å². The first kappa shape index (κ1) is 20.5. The lowest BCUT2D eigenvalue weighted by Gasteiger charge is -2.10. The van der Waals surface area contributed by atoms with Crippen LogP contribution in [0, 0.1) is 0 Å². The van der Waals surface area contributed by atoms with Crippen LogP contribution in [0.2, 0.25) is 5.28 Å². The van der Waals surface area contributed by atoms with Crippen LogP contribution in [0.3, 0.4) is 0 Å². The molecule has 0 spiro atoms. The Bertz CT molecular complexity index is 1250. The minimum absolute atomic E-state index is 0.100. The Morgan fingerprint density at radius 1 is 1.17 bits per heavy atom. The zero-order chi connectivity index (χ0) is 21.1. The Kier molecular flexibility index (Phi) is 6.14. The minimum atomic E-state index is -0.401. The summed E-state index contributed by atoms with van der Waals surface area (Å²) < 4.78 is 8.05. The second kappa shape index (κ2) is 8.97. The predicted octanol–water partition coefficient (Wildman–Crippen LogP) is 3.47. The molecule has 1 N–H and O–H groups in total. The number of thiophene rings is 1. The van der Waals surface area contributed by atoms with Crippen molar-refractivity contribution in [3.63, 3.8) is 0 Å². The first-order chi connectivity index (χ1) is 14.6. The van der Waals surface area contributed by atoms with Crippen molar-refractivity contribution in [1.82, 2.24) is 29.2 Å². The Morgan fingerprint density at radius 2 is 2.00 bits per heavy atom. The fourth-order valence-corrected chi connectivity index (χ4v) is 4.07. The zero-order valence-corrected chi connectivity index (χ0v) is 18.0. The number of aromatic amines is 1. The van der Waals surface area contributed by atoms with Crippen LogP contribution in [-0.4, -0.2) is 29.2 Å². The monoisotopic (exact) mass is 448 g/mol. The predicted molar refractivity (Wildman–Crippen MR) is 115 cm³/mol. The molecule has 11 heteroatoms. The number of rotatable bonds is 9. The van der Waals surface area contributed by atoms with E-state index in [2.05, 4.69) is 20.1 Å². The summed E-state index contributed by atoms with van der Waals surface area (Å²) in [6.45, 7) is 2.82. The molecule has 0 aliphatic rings. The molecule has 0 amide bonds. The highest BCUT2D eigenvalue weighted by Gasteiger charge is 2.16. The molecule has 0 radical (unpaired) electrons. The van der Waals surface area contributed by atoms with E-state index < -0.39 is 5.56 Å². The molecule has 0 unspecified atom stereocenters. The maximum Gasteiger partial charge on any atom is 0.332 e. The first-order valence-corrected chi connectivity index (χ1v) is 11.1. The summed E-state index contributed by atoms with van der Waals surface area (Å²) >= 11 is 7.51. The molecule has 0 aliphatic heterocycles. The van der Waals surface area contributed by atoms with Gasteiger partial charge in [0, 0.05) is 24.9 Å². The summed E-state index contributed by atoms with van der Waals surface area (Å²) in [5.74, 6) is 1.11. The molecule has 0 atom stereocenters. The number of imidazole rings is 1. The van der Waals surface area contributed by atoms with E-state index in [1.54, 1.807) is 11.3 Å². The van der Waals surface area contributed by atoms with Crippen molar-refractivity contribution in [2.75, 3.05) is 0 Å². The van der Waals surface area contributed by atoms with Gasteiger partial charge in [-0.3, -0.25) is 13.9 Å². The molecule has 0 fully saturated rings. The molecule has 4 aromatic heterocycles. The third kappa shape index (κ3) is 4.10. The minimum Gasteiger partial charge on any atom is -0.334 e. The summed E-state index contributed by atoms with van der Waals surface area (Å²) in [4.78, 5) is 37.0. The number of hydrogen-bond donors (Lipinski definition) is 1. The van der Waals surface area contributed by atoms with Crippen LogP contribution in [0.5, 0.6) is 0 Å². The maximum absolute atomic E-state index is 12.9. The number of nitrogens with one attached hydrogen (secondary N) is 1. The molecule has 30 heavy (non-hydrogen) atoms. The van der Waals surface area contributed by atoms with Gasteiger partial charge in [0.1, 0.15) is 0 Å². The van der Waals surface area contributed by atoms with Crippen LogP contribution in [-0.2, 0) is 19.5 Å². The summed E-state index contributed by atoms with van der Waals surface area (Å²) in [6, 6.07) is 1.93. The van der Waals surface area contributed by atoms with Crippen LogP contribution in [0.4, 0.5) is 0 Å². The summed E-state index contributed by atoms with van der Waals surface area (Å²) in [6.07, 6.45) is 3.67. The van der Waals surface area contributed by atoms with E-state index >= 15 is 0 Å². The number of fused-ring (bicyclic) bond motifs is 1. The molecule has 4 heterocycles. The number of hydrogen-bond acceptors (Lipinski definition) is 7. The Labute approximate surface area is 180 Å². The van der Waals surface area contributed by atoms with Gasteiger partial charge in [0.25, 0.3) is 11.4 Å². The molecule has 0 aliphatic carbocycles. The van der Waals surface area contributed by atoms with Crippen molar-refractivity contribution in [2.45, 2.75) is 52.1 Å². The lowest BCUT2D eigenvalue weighted by atomic mass is 10.2. The molecule has 0 saturated heterocycles. The first-order valence-electron chi connectivity index (χ1n) is 9.82. The van der Waals surface area contributed by atoms with Crippen molar-refractivity contribution >= 4 is 34.1 Å². The van der Waals surface area contributed by atoms with Crippen LogP contribution in [0.15, 0.2) is 30.9 Å². The van der Waals surface area contributed by atoms with Gasteiger partial charge in [0.05, 0.1) is 5.56 Å². The lowest BCUT2D eigenvalue weighted by Crippen LogP contribution is -2.40. The molecule has 0 saturated carbocycles. The molecule has 0 bridgehead atoms. The van der Waals surface area contributed by atoms with E-state index in [0.29, 0.717) is 49.7 Å². The lowest BCUT2D eigenvalue weighted by molar-refractivity contribution is 0.420. The van der Waals surface area contributed by atoms with E-state index in [4.69, 9.17) is 16.1 Å². The Balaban J connectivity index is 1.47. The Hall–Kier alpha value is -2.72. The van der Waals surface area contributed by atoms with Gasteiger partial charge in [-0.1, -0.05) is 18.5 Å². The average molecular weight is 449 g/mol. The van der Waals surface area contributed by atoms with Crippen molar-refractivity contribution in [1.29, 1.82) is 0 Å². The van der Waals surface area contributed by atoms with Gasteiger partial charge in [-0.25, -0.2) is 4.79 Å². The largest absolute Gasteiger partial charge is 0.334 e. The fraction of sp³-hybridized carbons (Fsp3) is 0.421. The number of halogens is 1. The average Bonchev–Trinajstić information content (AvgIpc) is 3.47. The Morgan fingerprint density at radius 3 is 2.77 bits per heavy atom. The van der Waals surface area contributed by atoms with Crippen molar-refractivity contribution in [2.24, 2.45) is 0 Å². The zero-order valence-electron chi connectivity index (χ0n) is 16.4. The number of aryl methyl sites for hydroxylation is 2. The van der Waals surface area contributed by atoms with Gasteiger partial charge < -0.3 is 9.51 Å². The smallest absolute Gasteiger partial charge is 0.332 e. The second-order valence-electron chi connectivity index (χ2n) is 6.96. The van der Waals surface area contributed by atoms with Crippen LogP contribution in [0.25, 0.3) is 22.6 Å². The fourth-order valence-electron chi connectivity index (χ4n) is 3.27. The van der Waals surface area contributed by atoms with E-state index in [1.807, 2.05) is 23.8 Å². The molecule has 158 valence electrons. The van der Waals surface area contributed by atoms with Gasteiger partial charge in [-0.05, 0) is 42.3 Å². The van der Waals surface area contributed by atoms with E-state index in [0.717, 1.165) is 18.4 Å². The van der Waals surface area contributed by atoms with Crippen molar-refractivity contribution in [3.05, 3.63) is 48.8 Å². The molecule has 9 nitrogen and oxygen atoms in total. The third-order valence-electron chi connectivity index (χ3n) is 4.84. The molecule has 4 aromatic rings. The van der Waals surface area contributed by atoms with Crippen molar-refractivity contribution in [3.8, 4) is 11.5 Å². The highest BCUT2D eigenvalue weighted by Crippen LogP contribution is 2.20. The van der Waals surface area contributed by atoms with Gasteiger partial charge in [-0.2, -0.15) is 21.3 Å². The van der Waals surface area contributed by atoms with E-state index in [9.17, 15) is 9.59 Å². The SMILES string of the molecule is CCCCn1c(=O)n(CCCCc2noc(-c3ccsc3)n2)c(=O)c2[nH]c(Cl)nc21. The van der Waals surface area contributed by atoms with Crippen LogP contribution >= 0.6 is 22.9 Å². The number of nitrogens with zero attached hydrogens (tertiary/aromatic N) is 5. The molecular formula is C19H21ClN6O3S. The van der Waals surface area contributed by atoms with Crippen LogP contribution in [0.1, 0.15) is 38.4 Å². The molecule has 0 aromatic carbocycles. The summed E-state index contributed by atoms with van der Waals surface area (Å²) in [5.41, 5.74) is 0.719. The highest BCUT2D eigenvalue weighted by atomic mass is 35.5. The number of unbranched alkanes of at least 4 members (excludes halogenated alkanes) is 2. The van der Waals surface area contributed by atoms with Gasteiger partial charge in [0.15, 0.2) is 17.0 Å². The number of aromatic nitrogens is 6. The van der Waals surface area contributed by atoms with E-state index in [1.165, 1.54) is 9.13 Å².